The van der Waals surface area contributed by atoms with E-state index in [0.29, 0.717) is 0 Å². The van der Waals surface area contributed by atoms with Gasteiger partial charge >= 0.3 is 5.97 Å². The summed E-state index contributed by atoms with van der Waals surface area (Å²) in [6, 6.07) is 0. The fourth-order valence-electron chi connectivity index (χ4n) is 4.80. The summed E-state index contributed by atoms with van der Waals surface area (Å²) in [5, 5.41) is 0. The van der Waals surface area contributed by atoms with Crippen molar-refractivity contribution in [2.75, 3.05) is 7.11 Å². The lowest BCUT2D eigenvalue weighted by molar-refractivity contribution is -0.146. The van der Waals surface area contributed by atoms with E-state index in [1.807, 2.05) is 0 Å². The van der Waals surface area contributed by atoms with Gasteiger partial charge in [0.05, 0.1) is 13.0 Å². The molecule has 1 unspecified atom stereocenters. The van der Waals surface area contributed by atoms with E-state index in [0.717, 1.165) is 25.7 Å². The highest BCUT2D eigenvalue weighted by Gasteiger charge is 2.18. The number of hydrogen-bond acceptors (Lipinski definition) is 2. The molecule has 1 atom stereocenters. The fourth-order valence-corrected chi connectivity index (χ4v) is 4.80. The first kappa shape index (κ1) is 34.0. The van der Waals surface area contributed by atoms with Crippen molar-refractivity contribution < 1.29 is 9.53 Å². The van der Waals surface area contributed by atoms with E-state index >= 15 is 0 Å². The molecule has 0 saturated carbocycles. The summed E-state index contributed by atoms with van der Waals surface area (Å²) in [7, 11) is 1.55. The second kappa shape index (κ2) is 29.2. The van der Waals surface area contributed by atoms with E-state index in [1.54, 1.807) is 7.11 Å². The monoisotopic (exact) mass is 490 g/mol. The van der Waals surface area contributed by atoms with Gasteiger partial charge in [-0.2, -0.15) is 0 Å². The summed E-state index contributed by atoms with van der Waals surface area (Å²) in [6.45, 7) is 4.54. The average Bonchev–Trinajstić information content (AvgIpc) is 2.87. The molecule has 0 amide bonds. The quantitative estimate of drug-likeness (QED) is 0.0650. The van der Waals surface area contributed by atoms with Crippen molar-refractivity contribution in [2.24, 2.45) is 5.92 Å². The number of unbranched alkanes of at least 4 members (excludes halogenated alkanes) is 18. The Bertz CT molecular complexity index is 479. The molecule has 0 aliphatic rings. The molecule has 0 aromatic heterocycles. The van der Waals surface area contributed by atoms with Crippen LogP contribution in [0.15, 0.2) is 24.3 Å². The topological polar surface area (TPSA) is 26.3 Å². The van der Waals surface area contributed by atoms with Crippen molar-refractivity contribution in [1.29, 1.82) is 0 Å². The van der Waals surface area contributed by atoms with Gasteiger partial charge in [0, 0.05) is 0 Å². The Morgan fingerprint density at radius 2 is 0.914 bits per heavy atom. The summed E-state index contributed by atoms with van der Waals surface area (Å²) in [4.78, 5) is 12.2. The Morgan fingerprint density at radius 1 is 0.543 bits per heavy atom. The molecule has 0 N–H and O–H groups in total. The van der Waals surface area contributed by atoms with Gasteiger partial charge in [0.2, 0.25) is 0 Å². The van der Waals surface area contributed by atoms with Crippen molar-refractivity contribution in [1.82, 2.24) is 0 Å². The number of carbonyl (C=O) groups excluding carboxylic acids is 1. The van der Waals surface area contributed by atoms with Crippen LogP contribution in [0.5, 0.6) is 0 Å². The molecule has 0 aromatic carbocycles. The lowest BCUT2D eigenvalue weighted by atomic mass is 9.94. The zero-order valence-corrected chi connectivity index (χ0v) is 24.2. The molecule has 206 valence electrons. The third-order valence-corrected chi connectivity index (χ3v) is 7.19. The standard InChI is InChI=1S/C33H62O2/c1-4-6-8-10-12-14-16-18-19-21-23-25-27-29-31-32(33(34)35-3)30-28-26-24-22-20-17-15-13-11-9-7-5-2/h12,14,18-19,32H,4-11,13,15-17,20-31H2,1-3H3/b14-12-,19-18-. The molecule has 0 bridgehead atoms. The average molecular weight is 491 g/mol. The predicted molar refractivity (Wildman–Crippen MR) is 156 cm³/mol. The number of ether oxygens (including phenoxy) is 1. The molecule has 2 nitrogen and oxygen atoms in total. The van der Waals surface area contributed by atoms with Crippen molar-refractivity contribution in [3.8, 4) is 0 Å². The van der Waals surface area contributed by atoms with Crippen molar-refractivity contribution >= 4 is 5.97 Å². The van der Waals surface area contributed by atoms with E-state index in [2.05, 4.69) is 38.2 Å². The zero-order valence-electron chi connectivity index (χ0n) is 24.2. The smallest absolute Gasteiger partial charge is 0.308 e. The highest BCUT2D eigenvalue weighted by molar-refractivity contribution is 5.72. The van der Waals surface area contributed by atoms with Crippen LogP contribution in [0.2, 0.25) is 0 Å². The van der Waals surface area contributed by atoms with Gasteiger partial charge in [0.25, 0.3) is 0 Å². The minimum Gasteiger partial charge on any atom is -0.469 e. The van der Waals surface area contributed by atoms with Gasteiger partial charge in [-0.05, 0) is 44.9 Å². The molecule has 0 aromatic rings. The Hall–Kier alpha value is -1.05. The second-order valence-corrected chi connectivity index (χ2v) is 10.6. The van der Waals surface area contributed by atoms with Crippen LogP contribution >= 0.6 is 0 Å². The minimum absolute atomic E-state index is 0.0127. The van der Waals surface area contributed by atoms with Crippen molar-refractivity contribution in [3.05, 3.63) is 24.3 Å². The number of hydrogen-bond donors (Lipinski definition) is 0. The second-order valence-electron chi connectivity index (χ2n) is 10.6. The predicted octanol–water partition coefficient (Wildman–Crippen LogP) is 11.3. The van der Waals surface area contributed by atoms with E-state index in [9.17, 15) is 4.79 Å². The van der Waals surface area contributed by atoms with Crippen molar-refractivity contribution in [2.45, 2.75) is 168 Å². The maximum atomic E-state index is 12.2. The van der Waals surface area contributed by atoms with E-state index in [4.69, 9.17) is 4.74 Å². The maximum Gasteiger partial charge on any atom is 0.308 e. The highest BCUT2D eigenvalue weighted by Crippen LogP contribution is 2.21. The highest BCUT2D eigenvalue weighted by atomic mass is 16.5. The van der Waals surface area contributed by atoms with Crippen LogP contribution in [0.3, 0.4) is 0 Å². The summed E-state index contributed by atoms with van der Waals surface area (Å²) in [5.41, 5.74) is 0. The maximum absolute atomic E-state index is 12.2. The molecule has 0 aliphatic carbocycles. The Labute approximate surface area is 220 Å². The van der Waals surface area contributed by atoms with E-state index in [-0.39, 0.29) is 11.9 Å². The van der Waals surface area contributed by atoms with Gasteiger partial charge in [-0.25, -0.2) is 0 Å². The van der Waals surface area contributed by atoms with Crippen LogP contribution < -0.4 is 0 Å². The summed E-state index contributed by atoms with van der Waals surface area (Å²) in [5.74, 6) is 0.130. The van der Waals surface area contributed by atoms with Crippen LogP contribution in [0.25, 0.3) is 0 Å². The molecule has 0 rings (SSSR count). The van der Waals surface area contributed by atoms with Crippen LogP contribution in [-0.2, 0) is 9.53 Å². The molecular formula is C33H62O2. The number of esters is 1. The first-order valence-corrected chi connectivity index (χ1v) is 15.6. The van der Waals surface area contributed by atoms with Crippen LogP contribution in [0.4, 0.5) is 0 Å². The third-order valence-electron chi connectivity index (χ3n) is 7.19. The van der Waals surface area contributed by atoms with Crippen LogP contribution in [0, 0.1) is 5.92 Å². The minimum atomic E-state index is 0.0127. The van der Waals surface area contributed by atoms with E-state index in [1.165, 1.54) is 128 Å². The Balaban J connectivity index is 3.64. The van der Waals surface area contributed by atoms with E-state index < -0.39 is 0 Å². The molecule has 0 aliphatic heterocycles. The zero-order chi connectivity index (χ0) is 25.7. The molecule has 0 saturated heterocycles. The van der Waals surface area contributed by atoms with Crippen LogP contribution in [0.1, 0.15) is 168 Å². The lowest BCUT2D eigenvalue weighted by Gasteiger charge is -2.14. The van der Waals surface area contributed by atoms with Gasteiger partial charge < -0.3 is 4.74 Å². The number of carbonyl (C=O) groups is 1. The number of allylic oxidation sites excluding steroid dienone is 4. The van der Waals surface area contributed by atoms with Gasteiger partial charge in [-0.3, -0.25) is 4.79 Å². The SMILES string of the molecule is CCCCC/C=C\C/C=C\CCCCCCC(CCCCCCCCCCCCCC)C(=O)OC. The molecule has 35 heavy (non-hydrogen) atoms. The summed E-state index contributed by atoms with van der Waals surface area (Å²) >= 11 is 0. The number of rotatable bonds is 27. The first-order chi connectivity index (χ1) is 17.3. The largest absolute Gasteiger partial charge is 0.469 e. The summed E-state index contributed by atoms with van der Waals surface area (Å²) in [6.07, 6.45) is 40.0. The molecule has 2 heteroatoms. The van der Waals surface area contributed by atoms with Gasteiger partial charge in [0.15, 0.2) is 0 Å². The van der Waals surface area contributed by atoms with Crippen molar-refractivity contribution in [3.63, 3.8) is 0 Å². The number of methoxy groups -OCH3 is 1. The van der Waals surface area contributed by atoms with Gasteiger partial charge in [0.1, 0.15) is 0 Å². The molecule has 0 spiro atoms. The van der Waals surface area contributed by atoms with Crippen LogP contribution in [-0.4, -0.2) is 13.1 Å². The van der Waals surface area contributed by atoms with Gasteiger partial charge in [-0.1, -0.05) is 147 Å². The molecule has 0 radical (unpaired) electrons. The lowest BCUT2D eigenvalue weighted by Crippen LogP contribution is -2.16. The Kier molecular flexibility index (Phi) is 28.3. The summed E-state index contributed by atoms with van der Waals surface area (Å²) < 4.78 is 5.09. The third kappa shape index (κ3) is 25.8. The first-order valence-electron chi connectivity index (χ1n) is 15.6. The van der Waals surface area contributed by atoms with Gasteiger partial charge in [-0.15, -0.1) is 0 Å². The normalized spacial score (nSPS) is 12.7. The molecular weight excluding hydrogens is 428 g/mol. The molecule has 0 fully saturated rings. The fraction of sp³-hybridized carbons (Fsp3) is 0.848. The molecule has 0 heterocycles. The Morgan fingerprint density at radius 3 is 1.37 bits per heavy atom.